The number of carboxylic acid groups (broad SMARTS) is 1. The number of aromatic nitrogens is 1. The van der Waals surface area contributed by atoms with Crippen LogP contribution in [0.4, 0.5) is 5.69 Å². The Bertz CT molecular complexity index is 659. The highest BCUT2D eigenvalue weighted by Crippen LogP contribution is 2.22. The molecule has 0 spiro atoms. The third-order valence-corrected chi connectivity index (χ3v) is 3.02. The van der Waals surface area contributed by atoms with Crippen molar-refractivity contribution in [3.05, 3.63) is 50.6 Å². The van der Waals surface area contributed by atoms with Crippen LogP contribution in [0.2, 0.25) is 0 Å². The first-order chi connectivity index (χ1) is 8.58. The van der Waals surface area contributed by atoms with Gasteiger partial charge in [-0.05, 0) is 17.5 Å². The molecule has 18 heavy (non-hydrogen) atoms. The lowest BCUT2D eigenvalue weighted by Crippen LogP contribution is -2.18. The van der Waals surface area contributed by atoms with E-state index < -0.39 is 17.4 Å². The Balaban J connectivity index is 2.24. The van der Waals surface area contributed by atoms with Gasteiger partial charge in [0.15, 0.2) is 0 Å². The van der Waals surface area contributed by atoms with Crippen molar-refractivity contribution >= 4 is 28.9 Å². The Hall–Kier alpha value is -2.41. The molecule has 0 aliphatic heterocycles. The summed E-state index contributed by atoms with van der Waals surface area (Å²) in [4.78, 5) is 36.1. The van der Waals surface area contributed by atoms with Crippen LogP contribution in [0.25, 0.3) is 0 Å². The number of thiophene rings is 1. The number of carbonyl (C=O) groups is 2. The highest BCUT2D eigenvalue weighted by Gasteiger charge is 2.15. The minimum absolute atomic E-state index is 0.0432. The zero-order valence-electron chi connectivity index (χ0n) is 8.97. The zero-order valence-corrected chi connectivity index (χ0v) is 9.78. The van der Waals surface area contributed by atoms with Crippen LogP contribution < -0.4 is 10.9 Å². The molecule has 2 aromatic rings. The summed E-state index contributed by atoms with van der Waals surface area (Å²) in [7, 11) is 0. The molecule has 0 fully saturated rings. The van der Waals surface area contributed by atoms with Crippen molar-refractivity contribution in [1.82, 2.24) is 4.98 Å². The number of carboxylic acids is 1. The van der Waals surface area contributed by atoms with Gasteiger partial charge >= 0.3 is 5.97 Å². The Morgan fingerprint density at radius 1 is 1.28 bits per heavy atom. The molecule has 6 nitrogen and oxygen atoms in total. The number of rotatable bonds is 3. The van der Waals surface area contributed by atoms with E-state index in [0.29, 0.717) is 0 Å². The number of H-pyrrole nitrogens is 1. The number of nitrogens with one attached hydrogen (secondary N) is 2. The van der Waals surface area contributed by atoms with E-state index in [4.69, 9.17) is 5.11 Å². The van der Waals surface area contributed by atoms with E-state index in [2.05, 4.69) is 10.3 Å². The Labute approximate surface area is 105 Å². The van der Waals surface area contributed by atoms with Gasteiger partial charge in [0.25, 0.3) is 5.91 Å². The van der Waals surface area contributed by atoms with E-state index in [1.807, 2.05) is 0 Å². The molecule has 7 heteroatoms. The van der Waals surface area contributed by atoms with Crippen LogP contribution in [0.5, 0.6) is 0 Å². The second-order valence-corrected chi connectivity index (χ2v) is 4.27. The molecule has 0 radical (unpaired) electrons. The normalized spacial score (nSPS) is 10.0. The minimum atomic E-state index is -1.11. The van der Waals surface area contributed by atoms with Gasteiger partial charge in [-0.1, -0.05) is 6.07 Å². The molecule has 0 aliphatic carbocycles. The third-order valence-electron chi connectivity index (χ3n) is 2.12. The highest BCUT2D eigenvalue weighted by atomic mass is 32.1. The first-order valence-corrected chi connectivity index (χ1v) is 5.77. The van der Waals surface area contributed by atoms with E-state index in [1.165, 1.54) is 24.3 Å². The molecule has 2 rings (SSSR count). The SMILES string of the molecule is O=C(Nc1ccsc1C(=O)O)c1cccc(=O)[nH]1. The topological polar surface area (TPSA) is 99.3 Å². The molecule has 0 bridgehead atoms. The van der Waals surface area contributed by atoms with Crippen molar-refractivity contribution < 1.29 is 14.7 Å². The smallest absolute Gasteiger partial charge is 0.348 e. The van der Waals surface area contributed by atoms with Crippen LogP contribution >= 0.6 is 11.3 Å². The predicted octanol–water partition coefficient (Wildman–Crippen LogP) is 1.39. The van der Waals surface area contributed by atoms with E-state index in [1.54, 1.807) is 5.38 Å². The summed E-state index contributed by atoms with van der Waals surface area (Å²) in [5.41, 5.74) is -0.112. The molecule has 3 N–H and O–H groups in total. The summed E-state index contributed by atoms with van der Waals surface area (Å²) in [5, 5.41) is 12.9. The molecule has 1 amide bonds. The van der Waals surface area contributed by atoms with Crippen molar-refractivity contribution in [3.63, 3.8) is 0 Å². The molecule has 2 aromatic heterocycles. The summed E-state index contributed by atoms with van der Waals surface area (Å²) in [5.74, 6) is -1.67. The molecule has 92 valence electrons. The quantitative estimate of drug-likeness (QED) is 0.779. The highest BCUT2D eigenvalue weighted by molar-refractivity contribution is 7.12. The molecule has 2 heterocycles. The van der Waals surface area contributed by atoms with E-state index in [-0.39, 0.29) is 16.3 Å². The summed E-state index contributed by atoms with van der Waals surface area (Å²) < 4.78 is 0. The third kappa shape index (κ3) is 2.46. The Kier molecular flexibility index (Phi) is 3.24. The fraction of sp³-hybridized carbons (Fsp3) is 0. The van der Waals surface area contributed by atoms with Crippen LogP contribution in [-0.4, -0.2) is 22.0 Å². The second kappa shape index (κ2) is 4.84. The Morgan fingerprint density at radius 2 is 2.06 bits per heavy atom. The van der Waals surface area contributed by atoms with Crippen molar-refractivity contribution in [2.45, 2.75) is 0 Å². The minimum Gasteiger partial charge on any atom is -0.477 e. The lowest BCUT2D eigenvalue weighted by Gasteiger charge is -2.03. The van der Waals surface area contributed by atoms with Crippen molar-refractivity contribution in [3.8, 4) is 0 Å². The predicted molar refractivity (Wildman–Crippen MR) is 66.3 cm³/mol. The number of hydrogen-bond donors (Lipinski definition) is 3. The van der Waals surface area contributed by atoms with Gasteiger partial charge in [-0.15, -0.1) is 11.3 Å². The molecule has 0 unspecified atom stereocenters. The van der Waals surface area contributed by atoms with Crippen molar-refractivity contribution in [1.29, 1.82) is 0 Å². The number of pyridine rings is 1. The monoisotopic (exact) mass is 264 g/mol. The number of aromatic carboxylic acids is 1. The van der Waals surface area contributed by atoms with Crippen molar-refractivity contribution in [2.75, 3.05) is 5.32 Å². The number of aromatic amines is 1. The number of hydrogen-bond acceptors (Lipinski definition) is 4. The van der Waals surface area contributed by atoms with Gasteiger partial charge in [0.05, 0.1) is 5.69 Å². The molecule has 0 saturated carbocycles. The van der Waals surface area contributed by atoms with Crippen molar-refractivity contribution in [2.24, 2.45) is 0 Å². The van der Waals surface area contributed by atoms with Gasteiger partial charge in [0.2, 0.25) is 5.56 Å². The maximum absolute atomic E-state index is 11.8. The van der Waals surface area contributed by atoms with Crippen LogP contribution in [0.3, 0.4) is 0 Å². The molecule has 0 aliphatic rings. The second-order valence-electron chi connectivity index (χ2n) is 3.35. The number of anilines is 1. The van der Waals surface area contributed by atoms with Gasteiger partial charge in [0, 0.05) is 6.07 Å². The average molecular weight is 264 g/mol. The maximum Gasteiger partial charge on any atom is 0.348 e. The molecule has 0 aromatic carbocycles. The van der Waals surface area contributed by atoms with Crippen LogP contribution in [0, 0.1) is 0 Å². The first kappa shape index (κ1) is 12.1. The van der Waals surface area contributed by atoms with Gasteiger partial charge in [-0.3, -0.25) is 9.59 Å². The largest absolute Gasteiger partial charge is 0.477 e. The van der Waals surface area contributed by atoms with Gasteiger partial charge < -0.3 is 15.4 Å². The van der Waals surface area contributed by atoms with E-state index in [9.17, 15) is 14.4 Å². The average Bonchev–Trinajstić information content (AvgIpc) is 2.77. The van der Waals surface area contributed by atoms with Gasteiger partial charge in [-0.25, -0.2) is 4.79 Å². The summed E-state index contributed by atoms with van der Waals surface area (Å²) in [6.07, 6.45) is 0. The Morgan fingerprint density at radius 3 is 2.72 bits per heavy atom. The molecule has 0 atom stereocenters. The summed E-state index contributed by atoms with van der Waals surface area (Å²) >= 11 is 1.01. The molecular weight excluding hydrogens is 256 g/mol. The van der Waals surface area contributed by atoms with Crippen LogP contribution in [0.15, 0.2) is 34.4 Å². The number of amides is 1. The molecular formula is C11H8N2O4S. The lowest BCUT2D eigenvalue weighted by molar-refractivity contribution is 0.0703. The molecule has 0 saturated heterocycles. The van der Waals surface area contributed by atoms with Crippen LogP contribution in [0.1, 0.15) is 20.2 Å². The van der Waals surface area contributed by atoms with E-state index in [0.717, 1.165) is 11.3 Å². The number of carbonyl (C=O) groups excluding carboxylic acids is 1. The zero-order chi connectivity index (χ0) is 13.1. The maximum atomic E-state index is 11.8. The van der Waals surface area contributed by atoms with E-state index >= 15 is 0 Å². The standard InChI is InChI=1S/C11H8N2O4S/c14-8-3-1-2-7(12-8)10(15)13-6-4-5-18-9(6)11(16)17/h1-5H,(H,12,14)(H,13,15)(H,16,17). The first-order valence-electron chi connectivity index (χ1n) is 4.89. The fourth-order valence-electron chi connectivity index (χ4n) is 1.34. The lowest BCUT2D eigenvalue weighted by atomic mass is 10.3. The summed E-state index contributed by atoms with van der Waals surface area (Å²) in [6, 6.07) is 5.65. The summed E-state index contributed by atoms with van der Waals surface area (Å²) in [6.45, 7) is 0. The van der Waals surface area contributed by atoms with Crippen LogP contribution in [-0.2, 0) is 0 Å². The van der Waals surface area contributed by atoms with Gasteiger partial charge in [0.1, 0.15) is 10.6 Å². The fourth-order valence-corrected chi connectivity index (χ4v) is 2.03. The van der Waals surface area contributed by atoms with Gasteiger partial charge in [-0.2, -0.15) is 0 Å².